The monoisotopic (exact) mass is 558 g/mol. The number of allylic oxidation sites excluding steroid dienone is 4. The summed E-state index contributed by atoms with van der Waals surface area (Å²) in [6.45, 7) is 18.9. The first-order valence-corrected chi connectivity index (χ1v) is 14.4. The summed E-state index contributed by atoms with van der Waals surface area (Å²) in [5.74, 6) is 1.53. The minimum atomic E-state index is -0.379. The van der Waals surface area contributed by atoms with Gasteiger partial charge in [0.05, 0.1) is 11.4 Å². The number of anilines is 2. The Morgan fingerprint density at radius 2 is 1.53 bits per heavy atom. The molecule has 0 fully saturated rings. The van der Waals surface area contributed by atoms with E-state index in [9.17, 15) is 0 Å². The summed E-state index contributed by atoms with van der Waals surface area (Å²) in [5, 5.41) is 4.55. The second kappa shape index (κ2) is 11.1. The van der Waals surface area contributed by atoms with E-state index in [0.717, 1.165) is 66.8 Å². The molecule has 0 saturated carbocycles. The van der Waals surface area contributed by atoms with Gasteiger partial charge in [0.1, 0.15) is 11.6 Å². The van der Waals surface area contributed by atoms with Crippen LogP contribution in [-0.4, -0.2) is 17.9 Å². The van der Waals surface area contributed by atoms with E-state index < -0.39 is 0 Å². The molecular formula is C39H34N4. The molecule has 4 aromatic carbocycles. The van der Waals surface area contributed by atoms with Crippen LogP contribution in [0.15, 0.2) is 144 Å². The third-order valence-electron chi connectivity index (χ3n) is 8.29. The predicted molar refractivity (Wildman–Crippen MR) is 185 cm³/mol. The zero-order valence-corrected chi connectivity index (χ0v) is 24.9. The van der Waals surface area contributed by atoms with Crippen LogP contribution in [0.1, 0.15) is 31.9 Å². The highest BCUT2D eigenvalue weighted by Gasteiger charge is 2.38. The van der Waals surface area contributed by atoms with E-state index in [0.29, 0.717) is 0 Å². The van der Waals surface area contributed by atoms with Crippen LogP contribution in [0.4, 0.5) is 11.5 Å². The molecule has 210 valence electrons. The van der Waals surface area contributed by atoms with Crippen LogP contribution in [0.2, 0.25) is 0 Å². The lowest BCUT2D eigenvalue weighted by atomic mass is 9.73. The first kappa shape index (κ1) is 27.8. The van der Waals surface area contributed by atoms with Crippen molar-refractivity contribution in [1.29, 1.82) is 0 Å². The standard InChI is InChI=1S/C39H34N4/c1-7-9-23-41-26(3)36-28-16-10-12-18-30(28)37(31-19-13-11-17-29(31)36)27-21-22-34-33(25-27)39(4,5)32(8-2)38(40-6)43(34)35-20-14-15-24-42-35/h7-25H,2-3,6H2,1,4-5H3/b9-7-,41-23?. The zero-order chi connectivity index (χ0) is 30.1. The van der Waals surface area contributed by atoms with E-state index in [2.05, 4.69) is 120 Å². The van der Waals surface area contributed by atoms with Crippen LogP contribution in [0, 0.1) is 0 Å². The molecule has 0 atom stereocenters. The largest absolute Gasteiger partial charge is 0.278 e. The van der Waals surface area contributed by atoms with Crippen molar-refractivity contribution in [3.63, 3.8) is 0 Å². The van der Waals surface area contributed by atoms with Gasteiger partial charge in [-0.05, 0) is 82.2 Å². The average Bonchev–Trinajstić information content (AvgIpc) is 3.03. The number of pyridine rings is 1. The minimum Gasteiger partial charge on any atom is -0.278 e. The molecule has 43 heavy (non-hydrogen) atoms. The van der Waals surface area contributed by atoms with Crippen molar-refractivity contribution >= 4 is 51.7 Å². The van der Waals surface area contributed by atoms with Gasteiger partial charge in [0.15, 0.2) is 0 Å². The number of benzene rings is 4. The molecule has 0 bridgehead atoms. The third-order valence-corrected chi connectivity index (χ3v) is 8.29. The molecule has 0 saturated heterocycles. The van der Waals surface area contributed by atoms with Crippen LogP contribution in [0.25, 0.3) is 38.4 Å². The molecule has 0 spiro atoms. The Balaban J connectivity index is 1.66. The number of nitrogens with zero attached hydrogens (tertiary/aromatic N) is 4. The van der Waals surface area contributed by atoms with E-state index >= 15 is 0 Å². The van der Waals surface area contributed by atoms with Crippen molar-refractivity contribution in [3.05, 3.63) is 145 Å². The Morgan fingerprint density at radius 1 is 0.884 bits per heavy atom. The Labute approximate surface area is 253 Å². The average molecular weight is 559 g/mol. The van der Waals surface area contributed by atoms with E-state index in [1.165, 1.54) is 5.56 Å². The maximum absolute atomic E-state index is 4.69. The zero-order valence-electron chi connectivity index (χ0n) is 24.9. The molecule has 2 heterocycles. The van der Waals surface area contributed by atoms with E-state index in [1.807, 2.05) is 43.4 Å². The van der Waals surface area contributed by atoms with Gasteiger partial charge in [-0.1, -0.05) is 99.8 Å². The van der Waals surface area contributed by atoms with Gasteiger partial charge in [-0.2, -0.15) is 0 Å². The number of hydrogen-bond acceptors (Lipinski definition) is 4. The topological polar surface area (TPSA) is 40.9 Å². The molecule has 1 aromatic heterocycles. The highest BCUT2D eigenvalue weighted by Crippen LogP contribution is 2.50. The summed E-state index contributed by atoms with van der Waals surface area (Å²) in [5.41, 5.74) is 6.91. The van der Waals surface area contributed by atoms with Crippen molar-refractivity contribution in [2.45, 2.75) is 26.2 Å². The summed E-state index contributed by atoms with van der Waals surface area (Å²) in [7, 11) is 0. The van der Waals surface area contributed by atoms with Crippen molar-refractivity contribution in [2.24, 2.45) is 9.98 Å². The SMILES string of the molecule is C=CC1=C(N=C)N(c2ccccn2)c2ccc(-c3c4ccccc4c(C(=C)N=C/C=C\C)c4ccccc34)cc2C1(C)C. The lowest BCUT2D eigenvalue weighted by Gasteiger charge is -2.41. The molecule has 6 rings (SSSR count). The van der Waals surface area contributed by atoms with Gasteiger partial charge in [-0.3, -0.25) is 9.89 Å². The van der Waals surface area contributed by atoms with Gasteiger partial charge in [-0.15, -0.1) is 0 Å². The molecule has 4 nitrogen and oxygen atoms in total. The number of aliphatic imine (C=N–C) groups is 2. The lowest BCUT2D eigenvalue weighted by Crippen LogP contribution is -2.33. The summed E-state index contributed by atoms with van der Waals surface area (Å²) in [6.07, 6.45) is 9.38. The summed E-state index contributed by atoms with van der Waals surface area (Å²) >= 11 is 0. The first-order valence-electron chi connectivity index (χ1n) is 14.4. The summed E-state index contributed by atoms with van der Waals surface area (Å²) in [4.78, 5) is 15.9. The highest BCUT2D eigenvalue weighted by molar-refractivity contribution is 6.19. The van der Waals surface area contributed by atoms with Crippen LogP contribution < -0.4 is 4.90 Å². The van der Waals surface area contributed by atoms with Crippen LogP contribution in [0.5, 0.6) is 0 Å². The first-order chi connectivity index (χ1) is 20.9. The van der Waals surface area contributed by atoms with Gasteiger partial charge in [0.25, 0.3) is 0 Å². The molecule has 0 amide bonds. The lowest BCUT2D eigenvalue weighted by molar-refractivity contribution is 0.616. The van der Waals surface area contributed by atoms with E-state index in [-0.39, 0.29) is 5.41 Å². The predicted octanol–water partition coefficient (Wildman–Crippen LogP) is 10.2. The van der Waals surface area contributed by atoms with Crippen molar-refractivity contribution < 1.29 is 0 Å². The van der Waals surface area contributed by atoms with Gasteiger partial charge >= 0.3 is 0 Å². The van der Waals surface area contributed by atoms with Crippen molar-refractivity contribution in [2.75, 3.05) is 4.90 Å². The van der Waals surface area contributed by atoms with Crippen LogP contribution in [-0.2, 0) is 5.41 Å². The Bertz CT molecular complexity index is 1950. The second-order valence-electron chi connectivity index (χ2n) is 11.1. The molecular weight excluding hydrogens is 524 g/mol. The molecule has 5 aromatic rings. The van der Waals surface area contributed by atoms with Crippen molar-refractivity contribution in [3.8, 4) is 11.1 Å². The minimum absolute atomic E-state index is 0.379. The molecule has 0 radical (unpaired) electrons. The Hall–Kier alpha value is -5.35. The van der Waals surface area contributed by atoms with Gasteiger partial charge < -0.3 is 0 Å². The maximum Gasteiger partial charge on any atom is 0.142 e. The Morgan fingerprint density at radius 3 is 2.12 bits per heavy atom. The summed E-state index contributed by atoms with van der Waals surface area (Å²) < 4.78 is 0. The van der Waals surface area contributed by atoms with Gasteiger partial charge in [-0.25, -0.2) is 9.98 Å². The van der Waals surface area contributed by atoms with Gasteiger partial charge in [0.2, 0.25) is 0 Å². The molecule has 0 unspecified atom stereocenters. The van der Waals surface area contributed by atoms with E-state index in [4.69, 9.17) is 0 Å². The summed E-state index contributed by atoms with van der Waals surface area (Å²) in [6, 6.07) is 29.7. The normalized spacial score (nSPS) is 14.5. The number of hydrogen-bond donors (Lipinski definition) is 0. The van der Waals surface area contributed by atoms with Crippen LogP contribution >= 0.6 is 0 Å². The maximum atomic E-state index is 4.69. The second-order valence-corrected chi connectivity index (χ2v) is 11.1. The third kappa shape index (κ3) is 4.52. The highest BCUT2D eigenvalue weighted by atomic mass is 15.3. The fourth-order valence-electron chi connectivity index (χ4n) is 6.30. The Kier molecular flexibility index (Phi) is 7.21. The molecule has 1 aliphatic rings. The van der Waals surface area contributed by atoms with Crippen molar-refractivity contribution in [1.82, 2.24) is 4.98 Å². The quantitative estimate of drug-likeness (QED) is 0.147. The molecule has 4 heteroatoms. The number of aromatic nitrogens is 1. The fourth-order valence-corrected chi connectivity index (χ4v) is 6.30. The fraction of sp³-hybridized carbons (Fsp3) is 0.103. The smallest absolute Gasteiger partial charge is 0.142 e. The van der Waals surface area contributed by atoms with Gasteiger partial charge in [0, 0.05) is 29.0 Å². The number of fused-ring (bicyclic) bond motifs is 3. The molecule has 0 N–H and O–H groups in total. The molecule has 1 aliphatic heterocycles. The number of rotatable bonds is 7. The molecule has 0 aliphatic carbocycles. The van der Waals surface area contributed by atoms with E-state index in [1.54, 1.807) is 12.4 Å². The van der Waals surface area contributed by atoms with Crippen LogP contribution in [0.3, 0.4) is 0 Å².